The molecule has 3 N–H and O–H groups in total. The van der Waals surface area contributed by atoms with Crippen molar-refractivity contribution in [1.29, 1.82) is 0 Å². The van der Waals surface area contributed by atoms with Crippen LogP contribution in [0.5, 0.6) is 0 Å². The number of hydrogen-bond donors (Lipinski definition) is 3. The number of nitrogens with zero attached hydrogens (tertiary/aromatic N) is 6. The van der Waals surface area contributed by atoms with E-state index in [0.29, 0.717) is 5.69 Å². The maximum atomic E-state index is 13.0. The zero-order valence-electron chi connectivity index (χ0n) is 21.0. The second-order valence-electron chi connectivity index (χ2n) is 10.2. The van der Waals surface area contributed by atoms with Gasteiger partial charge in [0.25, 0.3) is 5.91 Å². The van der Waals surface area contributed by atoms with Crippen molar-refractivity contribution in [3.05, 3.63) is 65.5 Å². The first-order chi connectivity index (χ1) is 17.3. The lowest BCUT2D eigenvalue weighted by molar-refractivity contribution is 0.0929. The maximum absolute atomic E-state index is 13.0. The second kappa shape index (κ2) is 9.52. The Labute approximate surface area is 210 Å². The van der Waals surface area contributed by atoms with Crippen LogP contribution < -0.4 is 10.6 Å². The minimum Gasteiger partial charge on any atom is -0.344 e. The van der Waals surface area contributed by atoms with E-state index in [1.54, 1.807) is 17.1 Å². The van der Waals surface area contributed by atoms with Crippen molar-refractivity contribution in [2.45, 2.75) is 65.0 Å². The molecule has 0 radical (unpaired) electrons. The van der Waals surface area contributed by atoms with Crippen LogP contribution in [0.1, 0.15) is 73.4 Å². The van der Waals surface area contributed by atoms with Crippen molar-refractivity contribution in [1.82, 2.24) is 40.5 Å². The normalized spacial score (nSPS) is 15.7. The summed E-state index contributed by atoms with van der Waals surface area (Å²) in [6.45, 7) is 8.00. The Morgan fingerprint density at radius 3 is 2.81 bits per heavy atom. The lowest BCUT2D eigenvalue weighted by Gasteiger charge is -2.19. The molecule has 10 heteroatoms. The molecule has 10 nitrogen and oxygen atoms in total. The fourth-order valence-electron chi connectivity index (χ4n) is 4.37. The van der Waals surface area contributed by atoms with Gasteiger partial charge in [0.05, 0.1) is 34.9 Å². The number of fused-ring (bicyclic) bond motifs is 1. The van der Waals surface area contributed by atoms with Gasteiger partial charge >= 0.3 is 0 Å². The minimum absolute atomic E-state index is 0.116. The minimum atomic E-state index is -0.236. The number of anilines is 2. The monoisotopic (exact) mass is 485 g/mol. The highest BCUT2D eigenvalue weighted by molar-refractivity contribution is 5.92. The van der Waals surface area contributed by atoms with Crippen LogP contribution in [0.2, 0.25) is 0 Å². The summed E-state index contributed by atoms with van der Waals surface area (Å²) < 4.78 is 1.71. The van der Waals surface area contributed by atoms with Crippen molar-refractivity contribution in [2.75, 3.05) is 5.32 Å². The van der Waals surface area contributed by atoms with E-state index >= 15 is 0 Å². The van der Waals surface area contributed by atoms with Gasteiger partial charge in [-0.3, -0.25) is 14.9 Å². The fraction of sp³-hybridized carbons (Fsp3) is 0.385. The Morgan fingerprint density at radius 2 is 2.06 bits per heavy atom. The summed E-state index contributed by atoms with van der Waals surface area (Å²) in [7, 11) is 0. The van der Waals surface area contributed by atoms with Gasteiger partial charge in [0.1, 0.15) is 5.82 Å². The van der Waals surface area contributed by atoms with Crippen LogP contribution in [0.3, 0.4) is 0 Å². The van der Waals surface area contributed by atoms with E-state index in [9.17, 15) is 4.79 Å². The fourth-order valence-corrected chi connectivity index (χ4v) is 4.37. The number of hydrogen-bond acceptors (Lipinski definition) is 7. The van der Waals surface area contributed by atoms with Crippen LogP contribution in [-0.2, 0) is 12.0 Å². The lowest BCUT2D eigenvalue weighted by atomic mass is 9.99. The van der Waals surface area contributed by atoms with Crippen molar-refractivity contribution in [3.63, 3.8) is 0 Å². The molecule has 1 atom stereocenters. The second-order valence-corrected chi connectivity index (χ2v) is 10.2. The van der Waals surface area contributed by atoms with Gasteiger partial charge in [0.2, 0.25) is 0 Å². The number of amides is 1. The molecule has 0 aromatic carbocycles. The Balaban J connectivity index is 1.37. The number of rotatable bonds is 5. The van der Waals surface area contributed by atoms with E-state index in [-0.39, 0.29) is 17.5 Å². The van der Waals surface area contributed by atoms with Crippen LogP contribution in [0.15, 0.2) is 43.0 Å². The third kappa shape index (κ3) is 4.98. The van der Waals surface area contributed by atoms with E-state index < -0.39 is 0 Å². The van der Waals surface area contributed by atoms with Gasteiger partial charge in [-0.2, -0.15) is 5.10 Å². The van der Waals surface area contributed by atoms with Crippen LogP contribution in [0, 0.1) is 6.92 Å². The molecule has 0 aliphatic heterocycles. The van der Waals surface area contributed by atoms with E-state index in [1.807, 2.05) is 52.2 Å². The molecule has 4 aromatic heterocycles. The van der Waals surface area contributed by atoms with Crippen LogP contribution in [0.25, 0.3) is 11.3 Å². The molecule has 1 unspecified atom stereocenters. The molecule has 0 saturated heterocycles. The summed E-state index contributed by atoms with van der Waals surface area (Å²) in [5.74, 6) is 0.508. The third-order valence-corrected chi connectivity index (χ3v) is 6.46. The smallest absolute Gasteiger partial charge is 0.273 e. The molecule has 186 valence electrons. The zero-order chi connectivity index (χ0) is 25.3. The first kappa shape index (κ1) is 23.7. The van der Waals surface area contributed by atoms with Crippen LogP contribution in [0.4, 0.5) is 11.5 Å². The lowest BCUT2D eigenvalue weighted by Crippen LogP contribution is -2.29. The van der Waals surface area contributed by atoms with Crippen LogP contribution in [-0.4, -0.2) is 41.1 Å². The van der Waals surface area contributed by atoms with E-state index in [0.717, 1.165) is 59.7 Å². The molecule has 4 aromatic rings. The molecule has 0 spiro atoms. The third-order valence-electron chi connectivity index (χ3n) is 6.46. The van der Waals surface area contributed by atoms with E-state index in [1.165, 1.54) is 5.56 Å². The largest absolute Gasteiger partial charge is 0.344 e. The average molecular weight is 486 g/mol. The van der Waals surface area contributed by atoms with Gasteiger partial charge in [0.15, 0.2) is 5.69 Å². The van der Waals surface area contributed by atoms with Gasteiger partial charge in [0, 0.05) is 24.2 Å². The average Bonchev–Trinajstić information content (AvgIpc) is 3.46. The van der Waals surface area contributed by atoms with Gasteiger partial charge in [-0.25, -0.2) is 9.67 Å². The van der Waals surface area contributed by atoms with Crippen molar-refractivity contribution in [2.24, 2.45) is 0 Å². The topological polar surface area (TPSA) is 126 Å². The molecule has 5 rings (SSSR count). The summed E-state index contributed by atoms with van der Waals surface area (Å²) in [5.41, 5.74) is 5.97. The number of carbonyl (C=O) groups excluding carboxylic acids is 1. The summed E-state index contributed by atoms with van der Waals surface area (Å²) in [6, 6.07) is 5.96. The first-order valence-corrected chi connectivity index (χ1v) is 12.2. The molecule has 1 aliphatic rings. The number of aromatic amines is 1. The number of carbonyl (C=O) groups is 1. The highest BCUT2D eigenvalue weighted by atomic mass is 16.2. The Morgan fingerprint density at radius 1 is 1.19 bits per heavy atom. The van der Waals surface area contributed by atoms with E-state index in [4.69, 9.17) is 4.98 Å². The molecule has 4 heterocycles. The predicted molar refractivity (Wildman–Crippen MR) is 137 cm³/mol. The van der Waals surface area contributed by atoms with Crippen LogP contribution >= 0.6 is 0 Å². The molecule has 0 fully saturated rings. The quantitative estimate of drug-likeness (QED) is 0.356. The summed E-state index contributed by atoms with van der Waals surface area (Å²) >= 11 is 0. The Hall–Kier alpha value is -4.08. The molecular formula is C26H31N9O. The standard InChI is InChI=1S/C26H31N9O/c1-16-22(14-29-32-16)30-24-12-18(9-10-27-24)21-11-17-7-5-6-8-20(19(17)13-28-21)31-25(36)23-15-35(34-33-23)26(2,3)4/h9-15,20H,5-8H2,1-4H3,(H,27,30)(H,29,32)(H,31,36). The van der Waals surface area contributed by atoms with Gasteiger partial charge < -0.3 is 10.6 Å². The van der Waals surface area contributed by atoms with Crippen molar-refractivity contribution < 1.29 is 4.79 Å². The Bertz CT molecular complexity index is 1380. The Kier molecular flexibility index (Phi) is 6.26. The molecular weight excluding hydrogens is 454 g/mol. The van der Waals surface area contributed by atoms with Crippen molar-refractivity contribution in [3.8, 4) is 11.3 Å². The SMILES string of the molecule is Cc1n[nH]cc1Nc1cc(-c2cc3c(cn2)C(NC(=O)c2cn(C(C)(C)C)nn2)CCCC3)ccn1. The maximum Gasteiger partial charge on any atom is 0.273 e. The van der Waals surface area contributed by atoms with E-state index in [2.05, 4.69) is 42.2 Å². The number of aromatic nitrogens is 7. The number of aryl methyl sites for hydroxylation is 2. The number of nitrogens with one attached hydrogen (secondary N) is 3. The number of H-pyrrole nitrogens is 1. The molecule has 0 bridgehead atoms. The summed E-state index contributed by atoms with van der Waals surface area (Å²) in [5, 5.41) is 21.7. The molecule has 1 amide bonds. The highest BCUT2D eigenvalue weighted by Gasteiger charge is 2.24. The zero-order valence-corrected chi connectivity index (χ0v) is 21.0. The first-order valence-electron chi connectivity index (χ1n) is 12.2. The molecule has 0 saturated carbocycles. The summed E-state index contributed by atoms with van der Waals surface area (Å²) in [4.78, 5) is 22.2. The number of pyridine rings is 2. The molecule has 1 aliphatic carbocycles. The van der Waals surface area contributed by atoms with Gasteiger partial charge in [-0.05, 0) is 76.3 Å². The summed E-state index contributed by atoms with van der Waals surface area (Å²) in [6.07, 6.45) is 11.1. The molecule has 36 heavy (non-hydrogen) atoms. The van der Waals surface area contributed by atoms with Gasteiger partial charge in [-0.15, -0.1) is 5.10 Å². The van der Waals surface area contributed by atoms with Gasteiger partial charge in [-0.1, -0.05) is 11.6 Å². The predicted octanol–water partition coefficient (Wildman–Crippen LogP) is 4.46. The van der Waals surface area contributed by atoms with Crippen molar-refractivity contribution >= 4 is 17.4 Å². The highest BCUT2D eigenvalue weighted by Crippen LogP contribution is 2.31.